The molecule has 0 saturated carbocycles. The van der Waals surface area contributed by atoms with Crippen molar-refractivity contribution in [2.75, 3.05) is 30.4 Å². The summed E-state index contributed by atoms with van der Waals surface area (Å²) in [5.74, 6) is 0.714. The van der Waals surface area contributed by atoms with Gasteiger partial charge in [-0.25, -0.2) is 0 Å². The molecule has 3 rings (SSSR count). The van der Waals surface area contributed by atoms with Gasteiger partial charge in [-0.1, -0.05) is 6.07 Å². The number of benzene rings is 1. The molecule has 5 heteroatoms. The van der Waals surface area contributed by atoms with Crippen molar-refractivity contribution in [1.82, 2.24) is 0 Å². The molecule has 0 unspecified atom stereocenters. The third-order valence-corrected chi connectivity index (χ3v) is 4.39. The summed E-state index contributed by atoms with van der Waals surface area (Å²) in [6, 6.07) is 5.88. The molecule has 1 amide bonds. The number of carbonyl (C=O) groups excluding carboxylic acids is 1. The fourth-order valence-corrected chi connectivity index (χ4v) is 3.22. The van der Waals surface area contributed by atoms with Gasteiger partial charge in [-0.05, 0) is 49.3 Å². The lowest BCUT2D eigenvalue weighted by molar-refractivity contribution is -0.120. The van der Waals surface area contributed by atoms with Gasteiger partial charge in [0, 0.05) is 37.6 Å². The summed E-state index contributed by atoms with van der Waals surface area (Å²) in [5.41, 5.74) is 9.00. The van der Waals surface area contributed by atoms with Crippen molar-refractivity contribution in [3.05, 3.63) is 23.8 Å². The number of ether oxygens (including phenoxy) is 1. The van der Waals surface area contributed by atoms with Gasteiger partial charge in [0.15, 0.2) is 0 Å². The van der Waals surface area contributed by atoms with E-state index in [1.54, 1.807) is 0 Å². The Kier molecular flexibility index (Phi) is 5.48. The molecule has 2 aliphatic heterocycles. The average Bonchev–Trinajstić information content (AvgIpc) is 2.48. The third-order valence-electron chi connectivity index (χ3n) is 4.39. The molecule has 0 bridgehead atoms. The first-order valence-electron chi connectivity index (χ1n) is 7.51. The van der Waals surface area contributed by atoms with Crippen molar-refractivity contribution in [3.63, 3.8) is 0 Å². The van der Waals surface area contributed by atoms with Gasteiger partial charge < -0.3 is 15.4 Å². The van der Waals surface area contributed by atoms with Crippen LogP contribution in [0.1, 0.15) is 31.2 Å². The number of nitrogens with zero attached hydrogens (tertiary/aromatic N) is 1. The van der Waals surface area contributed by atoms with Crippen LogP contribution in [0.3, 0.4) is 0 Å². The van der Waals surface area contributed by atoms with E-state index in [2.05, 4.69) is 0 Å². The van der Waals surface area contributed by atoms with Crippen molar-refractivity contribution in [2.45, 2.75) is 32.1 Å². The fourth-order valence-electron chi connectivity index (χ4n) is 3.22. The van der Waals surface area contributed by atoms with Crippen molar-refractivity contribution >= 4 is 29.7 Å². The molecule has 0 aliphatic carbocycles. The van der Waals surface area contributed by atoms with Gasteiger partial charge in [-0.15, -0.1) is 12.4 Å². The fraction of sp³-hybridized carbons (Fsp3) is 0.562. The smallest absolute Gasteiger partial charge is 0.227 e. The second-order valence-corrected chi connectivity index (χ2v) is 5.75. The summed E-state index contributed by atoms with van der Waals surface area (Å²) in [4.78, 5) is 14.5. The van der Waals surface area contributed by atoms with Gasteiger partial charge >= 0.3 is 0 Å². The topological polar surface area (TPSA) is 55.6 Å². The molecule has 1 fully saturated rings. The van der Waals surface area contributed by atoms with Crippen LogP contribution in [0.4, 0.5) is 11.4 Å². The van der Waals surface area contributed by atoms with Gasteiger partial charge in [0.1, 0.15) is 0 Å². The zero-order valence-corrected chi connectivity index (χ0v) is 13.0. The molecule has 21 heavy (non-hydrogen) atoms. The summed E-state index contributed by atoms with van der Waals surface area (Å²) in [5, 5.41) is 0. The van der Waals surface area contributed by atoms with E-state index in [9.17, 15) is 4.79 Å². The highest BCUT2D eigenvalue weighted by molar-refractivity contribution is 5.95. The highest BCUT2D eigenvalue weighted by atomic mass is 35.5. The van der Waals surface area contributed by atoms with Crippen LogP contribution in [0, 0.1) is 5.92 Å². The minimum absolute atomic E-state index is 0. The lowest BCUT2D eigenvalue weighted by atomic mass is 9.94. The van der Waals surface area contributed by atoms with Crippen molar-refractivity contribution in [2.24, 2.45) is 5.92 Å². The van der Waals surface area contributed by atoms with Crippen molar-refractivity contribution in [1.29, 1.82) is 0 Å². The molecule has 1 aromatic carbocycles. The lowest BCUT2D eigenvalue weighted by Gasteiger charge is -2.32. The molecule has 0 aromatic heterocycles. The number of anilines is 2. The van der Waals surface area contributed by atoms with Crippen LogP contribution in [0.5, 0.6) is 0 Å². The molecule has 0 spiro atoms. The monoisotopic (exact) mass is 310 g/mol. The minimum Gasteiger partial charge on any atom is -0.398 e. The Hall–Kier alpha value is -1.26. The molecule has 1 saturated heterocycles. The number of hydrogen-bond donors (Lipinski definition) is 1. The van der Waals surface area contributed by atoms with Crippen molar-refractivity contribution < 1.29 is 9.53 Å². The Morgan fingerprint density at radius 3 is 2.86 bits per heavy atom. The zero-order chi connectivity index (χ0) is 13.9. The molecule has 116 valence electrons. The summed E-state index contributed by atoms with van der Waals surface area (Å²) in [6.07, 6.45) is 4.62. The number of halogens is 1. The van der Waals surface area contributed by atoms with Crippen LogP contribution >= 0.6 is 12.4 Å². The van der Waals surface area contributed by atoms with E-state index in [0.29, 0.717) is 12.3 Å². The highest BCUT2D eigenvalue weighted by Crippen LogP contribution is 2.32. The van der Waals surface area contributed by atoms with Gasteiger partial charge in [0.25, 0.3) is 0 Å². The van der Waals surface area contributed by atoms with E-state index in [1.807, 2.05) is 23.1 Å². The Bertz CT molecular complexity index is 501. The van der Waals surface area contributed by atoms with Crippen LogP contribution in [0.2, 0.25) is 0 Å². The van der Waals surface area contributed by atoms with Gasteiger partial charge in [-0.3, -0.25) is 4.79 Å². The molecule has 1 aromatic rings. The number of carbonyl (C=O) groups is 1. The number of nitrogens with two attached hydrogens (primary N) is 1. The second kappa shape index (κ2) is 7.14. The van der Waals surface area contributed by atoms with Crippen molar-refractivity contribution in [3.8, 4) is 0 Å². The number of amides is 1. The van der Waals surface area contributed by atoms with Gasteiger partial charge in [-0.2, -0.15) is 0 Å². The Morgan fingerprint density at radius 2 is 2.10 bits per heavy atom. The summed E-state index contributed by atoms with van der Waals surface area (Å²) in [6.45, 7) is 2.40. The Labute approximate surface area is 132 Å². The van der Waals surface area contributed by atoms with E-state index in [-0.39, 0.29) is 18.3 Å². The zero-order valence-electron chi connectivity index (χ0n) is 12.2. The predicted molar refractivity (Wildman–Crippen MR) is 86.9 cm³/mol. The van der Waals surface area contributed by atoms with Crippen LogP contribution in [0.15, 0.2) is 18.2 Å². The summed E-state index contributed by atoms with van der Waals surface area (Å²) < 4.78 is 5.36. The second-order valence-electron chi connectivity index (χ2n) is 5.75. The van der Waals surface area contributed by atoms with E-state index < -0.39 is 0 Å². The predicted octanol–water partition coefficient (Wildman–Crippen LogP) is 2.79. The van der Waals surface area contributed by atoms with Gasteiger partial charge in [0.2, 0.25) is 5.91 Å². The lowest BCUT2D eigenvalue weighted by Crippen LogP contribution is -2.37. The summed E-state index contributed by atoms with van der Waals surface area (Å²) in [7, 11) is 0. The van der Waals surface area contributed by atoms with E-state index >= 15 is 0 Å². The maximum Gasteiger partial charge on any atom is 0.227 e. The molecule has 4 nitrogen and oxygen atoms in total. The first-order valence-corrected chi connectivity index (χ1v) is 7.51. The molecular formula is C16H23ClN2O2. The van der Waals surface area contributed by atoms with Crippen LogP contribution in [0.25, 0.3) is 0 Å². The maximum absolute atomic E-state index is 12.6. The Balaban J connectivity index is 0.00000161. The number of rotatable bonds is 2. The van der Waals surface area contributed by atoms with Crippen LogP contribution in [-0.4, -0.2) is 25.7 Å². The molecular weight excluding hydrogens is 288 g/mol. The SMILES string of the molecule is Cl.Nc1cccc2c1CCCN2C(=O)CC1CCOCC1. The molecule has 2 heterocycles. The summed E-state index contributed by atoms with van der Waals surface area (Å²) >= 11 is 0. The van der Waals surface area contributed by atoms with E-state index in [4.69, 9.17) is 10.5 Å². The van der Waals surface area contributed by atoms with Crippen LogP contribution in [-0.2, 0) is 16.0 Å². The standard InChI is InChI=1S/C16H22N2O2.ClH/c17-14-4-1-5-15-13(14)3-2-8-18(15)16(19)11-12-6-9-20-10-7-12;/h1,4-5,12H,2-3,6-11,17H2;1H. The molecule has 2 aliphatic rings. The Morgan fingerprint density at radius 1 is 1.33 bits per heavy atom. The van der Waals surface area contributed by atoms with E-state index in [1.165, 1.54) is 0 Å². The van der Waals surface area contributed by atoms with Crippen LogP contribution < -0.4 is 10.6 Å². The average molecular weight is 311 g/mol. The molecule has 0 atom stereocenters. The van der Waals surface area contributed by atoms with Gasteiger partial charge in [0.05, 0.1) is 0 Å². The maximum atomic E-state index is 12.6. The number of nitrogen functional groups attached to an aromatic ring is 1. The normalized spacial score (nSPS) is 18.8. The first kappa shape index (κ1) is 16.1. The minimum atomic E-state index is 0. The largest absolute Gasteiger partial charge is 0.398 e. The highest BCUT2D eigenvalue weighted by Gasteiger charge is 2.26. The quantitative estimate of drug-likeness (QED) is 0.855. The third kappa shape index (κ3) is 3.50. The molecule has 2 N–H and O–H groups in total. The van der Waals surface area contributed by atoms with E-state index in [0.717, 1.165) is 62.4 Å². The molecule has 0 radical (unpaired) electrons. The first-order chi connectivity index (χ1) is 9.75. The number of fused-ring (bicyclic) bond motifs is 1. The number of hydrogen-bond acceptors (Lipinski definition) is 3.